The van der Waals surface area contributed by atoms with E-state index in [0.717, 1.165) is 4.46 Å². The first-order valence-electron chi connectivity index (χ1n) is 6.67. The number of rotatable bonds is 5. The zero-order valence-corrected chi connectivity index (χ0v) is 15.5. The summed E-state index contributed by atoms with van der Waals surface area (Å²) >= 11 is 5.84. The van der Waals surface area contributed by atoms with Crippen LogP contribution in [0.5, 0.6) is 0 Å². The van der Waals surface area contributed by atoms with Crippen LogP contribution in [0.25, 0.3) is 0 Å². The number of hydrogen-bond donors (Lipinski definition) is 1. The Morgan fingerprint density at radius 1 is 1.27 bits per heavy atom. The van der Waals surface area contributed by atoms with Gasteiger partial charge in [-0.3, -0.25) is 0 Å². The molecule has 0 radical (unpaired) electrons. The van der Waals surface area contributed by atoms with Crippen molar-refractivity contribution >= 4 is 43.1 Å². The van der Waals surface area contributed by atoms with E-state index in [2.05, 4.69) is 5.32 Å². The summed E-state index contributed by atoms with van der Waals surface area (Å²) in [7, 11) is 1.29. The van der Waals surface area contributed by atoms with Crippen LogP contribution in [-0.2, 0) is 14.3 Å². The SMILES string of the molecule is COC(=O)[C@H](C[Se]c1ccc(Cl)cc1)NC(=O)OC(C)(C)C. The predicted molar refractivity (Wildman–Crippen MR) is 86.8 cm³/mol. The maximum atomic E-state index is 11.8. The van der Waals surface area contributed by atoms with Crippen LogP contribution in [-0.4, -0.2) is 45.8 Å². The van der Waals surface area contributed by atoms with E-state index < -0.39 is 23.7 Å². The molecular formula is C15H20ClNO4Se. The average molecular weight is 393 g/mol. The number of esters is 1. The molecular weight excluding hydrogens is 373 g/mol. The normalized spacial score (nSPS) is 12.4. The summed E-state index contributed by atoms with van der Waals surface area (Å²) in [6.45, 7) is 5.28. The van der Waals surface area contributed by atoms with Gasteiger partial charge in [0.15, 0.2) is 0 Å². The third-order valence-electron chi connectivity index (χ3n) is 2.41. The Labute approximate surface area is 141 Å². The van der Waals surface area contributed by atoms with E-state index in [1.165, 1.54) is 7.11 Å². The fraction of sp³-hybridized carbons (Fsp3) is 0.467. The summed E-state index contributed by atoms with van der Waals surface area (Å²) in [5.41, 5.74) is -0.619. The monoisotopic (exact) mass is 393 g/mol. The number of ether oxygens (including phenoxy) is 2. The summed E-state index contributed by atoms with van der Waals surface area (Å²) in [5, 5.41) is 3.70. The minimum absolute atomic E-state index is 0.00153. The topological polar surface area (TPSA) is 64.6 Å². The molecule has 0 aliphatic heterocycles. The molecule has 7 heteroatoms. The van der Waals surface area contributed by atoms with E-state index in [4.69, 9.17) is 21.1 Å². The number of hydrogen-bond acceptors (Lipinski definition) is 4. The molecule has 1 atom stereocenters. The van der Waals surface area contributed by atoms with Crippen LogP contribution in [0.4, 0.5) is 4.79 Å². The van der Waals surface area contributed by atoms with Gasteiger partial charge in [0, 0.05) is 0 Å². The Bertz CT molecular complexity index is 513. The van der Waals surface area contributed by atoms with Gasteiger partial charge in [-0.15, -0.1) is 0 Å². The summed E-state index contributed by atoms with van der Waals surface area (Å²) in [5.74, 6) is -0.485. The molecule has 0 spiro atoms. The second-order valence-corrected chi connectivity index (χ2v) is 8.22. The van der Waals surface area contributed by atoms with Crippen molar-refractivity contribution < 1.29 is 19.1 Å². The van der Waals surface area contributed by atoms with Gasteiger partial charge in [-0.05, 0) is 0 Å². The zero-order valence-electron chi connectivity index (χ0n) is 13.0. The summed E-state index contributed by atoms with van der Waals surface area (Å²) in [6.07, 6.45) is -0.630. The summed E-state index contributed by atoms with van der Waals surface area (Å²) < 4.78 is 11.0. The maximum absolute atomic E-state index is 11.8. The van der Waals surface area contributed by atoms with E-state index in [9.17, 15) is 9.59 Å². The number of benzene rings is 1. The molecule has 0 aromatic heterocycles. The van der Waals surface area contributed by atoms with Gasteiger partial charge in [-0.2, -0.15) is 0 Å². The van der Waals surface area contributed by atoms with Crippen LogP contribution in [0.15, 0.2) is 24.3 Å². The van der Waals surface area contributed by atoms with Gasteiger partial charge >= 0.3 is 142 Å². The van der Waals surface area contributed by atoms with Gasteiger partial charge in [0.2, 0.25) is 0 Å². The Hall–Kier alpha value is -1.23. The molecule has 0 saturated carbocycles. The molecule has 0 aliphatic rings. The van der Waals surface area contributed by atoms with Crippen LogP contribution in [0.3, 0.4) is 0 Å². The van der Waals surface area contributed by atoms with Crippen molar-refractivity contribution in [2.24, 2.45) is 0 Å². The summed E-state index contributed by atoms with van der Waals surface area (Å²) in [6, 6.07) is 6.68. The van der Waals surface area contributed by atoms with Crippen molar-refractivity contribution in [2.75, 3.05) is 7.11 Å². The van der Waals surface area contributed by atoms with Crippen LogP contribution < -0.4 is 9.78 Å². The number of carbonyl (C=O) groups is 2. The molecule has 0 fully saturated rings. The van der Waals surface area contributed by atoms with Crippen molar-refractivity contribution in [2.45, 2.75) is 37.7 Å². The van der Waals surface area contributed by atoms with Gasteiger partial charge in [0.1, 0.15) is 0 Å². The fourth-order valence-corrected chi connectivity index (χ4v) is 3.50. The van der Waals surface area contributed by atoms with Gasteiger partial charge in [-0.1, -0.05) is 0 Å². The van der Waals surface area contributed by atoms with Crippen LogP contribution in [0.2, 0.25) is 10.3 Å². The molecule has 1 aromatic rings. The van der Waals surface area contributed by atoms with Crippen LogP contribution in [0.1, 0.15) is 20.8 Å². The standard InChI is InChI=1S/C15H20ClNO4Se/c1-15(2,3)21-14(19)17-12(13(18)20-4)9-22-11-7-5-10(16)6-8-11/h5-8,12H,9H2,1-4H3,(H,17,19)/t12-/m0/s1. The minimum atomic E-state index is -0.726. The number of halogens is 1. The van der Waals surface area contributed by atoms with Crippen molar-refractivity contribution in [3.8, 4) is 0 Å². The van der Waals surface area contributed by atoms with Crippen molar-refractivity contribution in [1.29, 1.82) is 0 Å². The van der Waals surface area contributed by atoms with Gasteiger partial charge in [0.05, 0.1) is 0 Å². The number of methoxy groups -OCH3 is 1. The van der Waals surface area contributed by atoms with Crippen molar-refractivity contribution in [1.82, 2.24) is 5.32 Å². The van der Waals surface area contributed by atoms with Gasteiger partial charge in [-0.25, -0.2) is 0 Å². The van der Waals surface area contributed by atoms with E-state index >= 15 is 0 Å². The molecule has 0 saturated heterocycles. The van der Waals surface area contributed by atoms with Crippen LogP contribution in [0, 0.1) is 0 Å². The number of alkyl carbamates (subject to hydrolysis) is 1. The van der Waals surface area contributed by atoms with Crippen LogP contribution >= 0.6 is 11.6 Å². The molecule has 0 unspecified atom stereocenters. The summed E-state index contributed by atoms with van der Waals surface area (Å²) in [4.78, 5) is 23.6. The Kier molecular flexibility index (Phi) is 7.20. The quantitative estimate of drug-likeness (QED) is 0.616. The zero-order chi connectivity index (χ0) is 16.8. The van der Waals surface area contributed by atoms with E-state index in [1.54, 1.807) is 32.9 Å². The van der Waals surface area contributed by atoms with E-state index in [1.807, 2.05) is 12.1 Å². The second kappa shape index (κ2) is 8.41. The first-order valence-corrected chi connectivity index (χ1v) is 9.11. The fourth-order valence-electron chi connectivity index (χ4n) is 1.47. The average Bonchev–Trinajstić information content (AvgIpc) is 2.42. The molecule has 5 nitrogen and oxygen atoms in total. The Morgan fingerprint density at radius 2 is 1.86 bits per heavy atom. The first-order chi connectivity index (χ1) is 10.2. The van der Waals surface area contributed by atoms with Gasteiger partial charge in [0.25, 0.3) is 0 Å². The molecule has 1 amide bonds. The number of amides is 1. The number of nitrogens with one attached hydrogen (secondary N) is 1. The third-order valence-corrected chi connectivity index (χ3v) is 4.98. The Balaban J connectivity index is 2.63. The van der Waals surface area contributed by atoms with Crippen molar-refractivity contribution in [3.05, 3.63) is 29.3 Å². The third kappa shape index (κ3) is 7.16. The predicted octanol–water partition coefficient (Wildman–Crippen LogP) is 2.15. The van der Waals surface area contributed by atoms with Gasteiger partial charge < -0.3 is 0 Å². The molecule has 122 valence electrons. The van der Waals surface area contributed by atoms with E-state index in [-0.39, 0.29) is 15.0 Å². The van der Waals surface area contributed by atoms with E-state index in [0.29, 0.717) is 10.3 Å². The Morgan fingerprint density at radius 3 is 2.36 bits per heavy atom. The molecule has 1 N–H and O–H groups in total. The molecule has 22 heavy (non-hydrogen) atoms. The number of carbonyl (C=O) groups excluding carboxylic acids is 2. The molecule has 1 rings (SSSR count). The molecule has 0 aliphatic carbocycles. The molecule has 0 bridgehead atoms. The molecule has 0 heterocycles. The first kappa shape index (κ1) is 18.8. The second-order valence-electron chi connectivity index (χ2n) is 5.49. The molecule has 1 aromatic carbocycles. The van der Waals surface area contributed by atoms with Crippen molar-refractivity contribution in [3.63, 3.8) is 0 Å².